The first-order valence-corrected chi connectivity index (χ1v) is 9.59. The fourth-order valence-electron chi connectivity index (χ4n) is 2.93. The molecule has 26 heavy (non-hydrogen) atoms. The lowest BCUT2D eigenvalue weighted by atomic mass is 10.2. The SMILES string of the molecule is COc1ccc(Cl)cc1C(=O)Nc1c2c(nn1-c1ccccc1)CSC2. The molecule has 0 spiro atoms. The van der Waals surface area contributed by atoms with E-state index in [4.69, 9.17) is 21.4 Å². The number of nitrogens with one attached hydrogen (secondary N) is 1. The van der Waals surface area contributed by atoms with E-state index in [0.29, 0.717) is 22.2 Å². The van der Waals surface area contributed by atoms with Crippen LogP contribution in [-0.4, -0.2) is 22.8 Å². The van der Waals surface area contributed by atoms with Crippen molar-refractivity contribution in [2.45, 2.75) is 11.5 Å². The van der Waals surface area contributed by atoms with Gasteiger partial charge in [-0.25, -0.2) is 4.68 Å². The summed E-state index contributed by atoms with van der Waals surface area (Å²) in [5, 5.41) is 8.19. The number of rotatable bonds is 4. The lowest BCUT2D eigenvalue weighted by molar-refractivity contribution is 0.102. The molecule has 1 N–H and O–H groups in total. The Hall–Kier alpha value is -2.44. The molecule has 5 nitrogen and oxygen atoms in total. The zero-order chi connectivity index (χ0) is 18.1. The Labute approximate surface area is 160 Å². The van der Waals surface area contributed by atoms with Crippen molar-refractivity contribution in [1.82, 2.24) is 9.78 Å². The van der Waals surface area contributed by atoms with E-state index in [1.54, 1.807) is 34.6 Å². The molecule has 0 aliphatic carbocycles. The van der Waals surface area contributed by atoms with E-state index < -0.39 is 0 Å². The van der Waals surface area contributed by atoms with Crippen molar-refractivity contribution < 1.29 is 9.53 Å². The lowest BCUT2D eigenvalue weighted by Gasteiger charge is -2.13. The molecule has 0 atom stereocenters. The Bertz CT molecular complexity index is 972. The second-order valence-corrected chi connectivity index (χ2v) is 7.23. The molecule has 1 aliphatic heterocycles. The van der Waals surface area contributed by atoms with Crippen LogP contribution < -0.4 is 10.1 Å². The van der Waals surface area contributed by atoms with E-state index in [2.05, 4.69) is 5.32 Å². The summed E-state index contributed by atoms with van der Waals surface area (Å²) in [5.41, 5.74) is 3.36. The second-order valence-electron chi connectivity index (χ2n) is 5.81. The van der Waals surface area contributed by atoms with Gasteiger partial charge in [0.05, 0.1) is 24.1 Å². The topological polar surface area (TPSA) is 56.1 Å². The molecule has 0 saturated carbocycles. The van der Waals surface area contributed by atoms with Crippen LogP contribution >= 0.6 is 23.4 Å². The maximum atomic E-state index is 12.9. The van der Waals surface area contributed by atoms with Gasteiger partial charge in [0.15, 0.2) is 0 Å². The monoisotopic (exact) mass is 385 g/mol. The number of fused-ring (bicyclic) bond motifs is 1. The van der Waals surface area contributed by atoms with Crippen LogP contribution in [0, 0.1) is 0 Å². The van der Waals surface area contributed by atoms with Gasteiger partial charge in [-0.3, -0.25) is 4.79 Å². The molecule has 1 aromatic heterocycles. The quantitative estimate of drug-likeness (QED) is 0.716. The molecule has 0 bridgehead atoms. The molecule has 3 aromatic rings. The molecule has 132 valence electrons. The Morgan fingerprint density at radius 2 is 2.04 bits per heavy atom. The molecule has 1 amide bonds. The third-order valence-electron chi connectivity index (χ3n) is 4.19. The zero-order valence-electron chi connectivity index (χ0n) is 14.0. The predicted molar refractivity (Wildman–Crippen MR) is 105 cm³/mol. The highest BCUT2D eigenvalue weighted by Gasteiger charge is 2.25. The fourth-order valence-corrected chi connectivity index (χ4v) is 4.14. The largest absolute Gasteiger partial charge is 0.496 e. The van der Waals surface area contributed by atoms with Crippen LogP contribution in [0.1, 0.15) is 21.6 Å². The Kier molecular flexibility index (Phi) is 4.61. The van der Waals surface area contributed by atoms with Crippen molar-refractivity contribution in [1.29, 1.82) is 0 Å². The number of amides is 1. The third kappa shape index (κ3) is 3.06. The maximum absolute atomic E-state index is 12.9. The molecular weight excluding hydrogens is 370 g/mol. The van der Waals surface area contributed by atoms with E-state index in [1.165, 1.54) is 7.11 Å². The van der Waals surface area contributed by atoms with Crippen molar-refractivity contribution >= 4 is 35.1 Å². The van der Waals surface area contributed by atoms with Gasteiger partial charge >= 0.3 is 0 Å². The van der Waals surface area contributed by atoms with Crippen LogP contribution in [-0.2, 0) is 11.5 Å². The molecule has 0 saturated heterocycles. The average Bonchev–Trinajstić information content (AvgIpc) is 3.25. The number of hydrogen-bond acceptors (Lipinski definition) is 4. The second kappa shape index (κ2) is 7.05. The van der Waals surface area contributed by atoms with Crippen LogP contribution in [0.2, 0.25) is 5.02 Å². The molecule has 7 heteroatoms. The Morgan fingerprint density at radius 3 is 2.81 bits per heavy atom. The van der Waals surface area contributed by atoms with Gasteiger partial charge in [-0.15, -0.1) is 0 Å². The highest BCUT2D eigenvalue weighted by Crippen LogP contribution is 2.36. The number of ether oxygens (including phenoxy) is 1. The number of thioether (sulfide) groups is 1. The van der Waals surface area contributed by atoms with Crippen LogP contribution in [0.4, 0.5) is 5.82 Å². The van der Waals surface area contributed by atoms with Gasteiger partial charge in [-0.2, -0.15) is 16.9 Å². The minimum Gasteiger partial charge on any atom is -0.496 e. The van der Waals surface area contributed by atoms with E-state index >= 15 is 0 Å². The minimum absolute atomic E-state index is 0.277. The van der Waals surface area contributed by atoms with Gasteiger partial charge in [0.1, 0.15) is 11.6 Å². The zero-order valence-corrected chi connectivity index (χ0v) is 15.6. The van der Waals surface area contributed by atoms with E-state index in [0.717, 1.165) is 28.5 Å². The normalized spacial score (nSPS) is 12.7. The first-order chi connectivity index (χ1) is 12.7. The summed E-state index contributed by atoms with van der Waals surface area (Å²) in [7, 11) is 1.53. The standard InChI is InChI=1S/C19H16ClN3O2S/c1-25-17-8-7-12(20)9-14(17)19(24)21-18-15-10-26-11-16(15)22-23(18)13-5-3-2-4-6-13/h2-9H,10-11H2,1H3,(H,21,24). The Morgan fingerprint density at radius 1 is 1.23 bits per heavy atom. The van der Waals surface area contributed by atoms with Crippen LogP contribution in [0.5, 0.6) is 5.75 Å². The summed E-state index contributed by atoms with van der Waals surface area (Å²) < 4.78 is 7.09. The summed E-state index contributed by atoms with van der Waals surface area (Å²) in [4.78, 5) is 12.9. The van der Waals surface area contributed by atoms with Crippen molar-refractivity contribution in [2.75, 3.05) is 12.4 Å². The molecule has 0 radical (unpaired) electrons. The lowest BCUT2D eigenvalue weighted by Crippen LogP contribution is -2.17. The molecule has 0 unspecified atom stereocenters. The summed E-state index contributed by atoms with van der Waals surface area (Å²) in [6.07, 6.45) is 0. The van der Waals surface area contributed by atoms with Gasteiger partial charge in [-0.05, 0) is 30.3 Å². The number of methoxy groups -OCH3 is 1. The summed E-state index contributed by atoms with van der Waals surface area (Å²) in [6.45, 7) is 0. The molecule has 0 fully saturated rings. The molecule has 4 rings (SSSR count). The number of halogens is 1. The first kappa shape index (κ1) is 17.0. The minimum atomic E-state index is -0.277. The van der Waals surface area contributed by atoms with Crippen molar-refractivity contribution in [3.8, 4) is 11.4 Å². The highest BCUT2D eigenvalue weighted by atomic mass is 35.5. The third-order valence-corrected chi connectivity index (χ3v) is 5.40. The first-order valence-electron chi connectivity index (χ1n) is 8.06. The number of benzene rings is 2. The number of anilines is 1. The maximum Gasteiger partial charge on any atom is 0.260 e. The summed E-state index contributed by atoms with van der Waals surface area (Å²) in [5.74, 6) is 2.57. The number of para-hydroxylation sites is 1. The van der Waals surface area contributed by atoms with E-state index in [9.17, 15) is 4.79 Å². The smallest absolute Gasteiger partial charge is 0.260 e. The number of hydrogen-bond donors (Lipinski definition) is 1. The average molecular weight is 386 g/mol. The number of carbonyl (C=O) groups is 1. The van der Waals surface area contributed by atoms with Crippen LogP contribution in [0.3, 0.4) is 0 Å². The predicted octanol–water partition coefficient (Wildman–Crippen LogP) is 4.53. The molecular formula is C19H16ClN3O2S. The van der Waals surface area contributed by atoms with Gasteiger partial charge in [0, 0.05) is 22.1 Å². The highest BCUT2D eigenvalue weighted by molar-refractivity contribution is 7.98. The Balaban J connectivity index is 1.75. The van der Waals surface area contributed by atoms with Crippen LogP contribution in [0.25, 0.3) is 5.69 Å². The number of aromatic nitrogens is 2. The van der Waals surface area contributed by atoms with Gasteiger partial charge < -0.3 is 10.1 Å². The van der Waals surface area contributed by atoms with Crippen molar-refractivity contribution in [3.63, 3.8) is 0 Å². The van der Waals surface area contributed by atoms with Crippen molar-refractivity contribution in [2.24, 2.45) is 0 Å². The molecule has 2 aromatic carbocycles. The fraction of sp³-hybridized carbons (Fsp3) is 0.158. The molecule has 1 aliphatic rings. The van der Waals surface area contributed by atoms with Gasteiger partial charge in [-0.1, -0.05) is 29.8 Å². The van der Waals surface area contributed by atoms with Gasteiger partial charge in [0.25, 0.3) is 5.91 Å². The number of nitrogens with zero attached hydrogens (tertiary/aromatic N) is 2. The van der Waals surface area contributed by atoms with Crippen LogP contribution in [0.15, 0.2) is 48.5 Å². The van der Waals surface area contributed by atoms with Gasteiger partial charge in [0.2, 0.25) is 0 Å². The number of carbonyl (C=O) groups excluding carboxylic acids is 1. The van der Waals surface area contributed by atoms with Crippen molar-refractivity contribution in [3.05, 3.63) is 70.4 Å². The summed E-state index contributed by atoms with van der Waals surface area (Å²) in [6, 6.07) is 14.8. The summed E-state index contributed by atoms with van der Waals surface area (Å²) >= 11 is 7.85. The van der Waals surface area contributed by atoms with E-state index in [-0.39, 0.29) is 5.91 Å². The molecule has 2 heterocycles. The van der Waals surface area contributed by atoms with E-state index in [1.807, 2.05) is 30.3 Å².